The molecule has 0 amide bonds. The average Bonchev–Trinajstić information content (AvgIpc) is 2.46. The van der Waals surface area contributed by atoms with Crippen molar-refractivity contribution >= 4 is 43.1 Å². The Morgan fingerprint density at radius 1 is 1.19 bits per heavy atom. The molecule has 1 N–H and O–H groups in total. The maximum atomic E-state index is 12.1. The van der Waals surface area contributed by atoms with Crippen molar-refractivity contribution in [2.45, 2.75) is 17.4 Å². The third-order valence-electron chi connectivity index (χ3n) is 3.56. The third-order valence-corrected chi connectivity index (χ3v) is 6.30. The first-order chi connectivity index (χ1) is 9.97. The molecule has 6 heteroatoms. The molecule has 0 aliphatic carbocycles. The van der Waals surface area contributed by atoms with Crippen molar-refractivity contribution in [2.75, 3.05) is 11.1 Å². The van der Waals surface area contributed by atoms with E-state index in [1.165, 1.54) is 0 Å². The lowest BCUT2D eigenvalue weighted by Gasteiger charge is -2.27. The summed E-state index contributed by atoms with van der Waals surface area (Å²) in [4.78, 5) is 0.423. The number of rotatable bonds is 2. The zero-order valence-corrected chi connectivity index (χ0v) is 14.2. The van der Waals surface area contributed by atoms with Crippen molar-refractivity contribution in [3.8, 4) is 0 Å². The first-order valence-corrected chi connectivity index (χ1v) is 9.33. The molecule has 110 valence electrons. The van der Waals surface area contributed by atoms with Crippen LogP contribution in [-0.4, -0.2) is 14.2 Å². The molecule has 0 bridgehead atoms. The Morgan fingerprint density at radius 3 is 2.76 bits per heavy atom. The van der Waals surface area contributed by atoms with Crippen LogP contribution in [0, 0.1) is 0 Å². The fraction of sp³-hybridized carbons (Fsp3) is 0.200. The summed E-state index contributed by atoms with van der Waals surface area (Å²) in [6.07, 6.45) is 0.540. The van der Waals surface area contributed by atoms with Crippen LogP contribution in [0.25, 0.3) is 0 Å². The van der Waals surface area contributed by atoms with E-state index in [2.05, 4.69) is 21.2 Å². The van der Waals surface area contributed by atoms with E-state index in [9.17, 15) is 8.42 Å². The molecule has 0 spiro atoms. The van der Waals surface area contributed by atoms with Gasteiger partial charge in [0.2, 0.25) is 0 Å². The highest BCUT2D eigenvalue weighted by atomic mass is 79.9. The number of fused-ring (bicyclic) bond motifs is 1. The van der Waals surface area contributed by atoms with E-state index in [4.69, 9.17) is 11.6 Å². The van der Waals surface area contributed by atoms with Gasteiger partial charge in [0.05, 0.1) is 22.4 Å². The number of hydrogen-bond donors (Lipinski definition) is 1. The number of nitrogens with one attached hydrogen (secondary N) is 1. The fourth-order valence-electron chi connectivity index (χ4n) is 2.54. The smallest absolute Gasteiger partial charge is 0.178 e. The quantitative estimate of drug-likeness (QED) is 0.830. The monoisotopic (exact) mass is 385 g/mol. The van der Waals surface area contributed by atoms with Gasteiger partial charge in [-0.3, -0.25) is 0 Å². The Kier molecular flexibility index (Phi) is 3.99. The molecule has 0 saturated heterocycles. The van der Waals surface area contributed by atoms with Gasteiger partial charge >= 0.3 is 0 Å². The average molecular weight is 387 g/mol. The Hall–Kier alpha value is -1.04. The minimum absolute atomic E-state index is 0.0421. The second-order valence-electron chi connectivity index (χ2n) is 4.97. The second-order valence-corrected chi connectivity index (χ2v) is 8.33. The molecule has 2 aromatic rings. The second kappa shape index (κ2) is 5.63. The molecule has 3 nitrogen and oxygen atoms in total. The summed E-state index contributed by atoms with van der Waals surface area (Å²) >= 11 is 9.50. The van der Waals surface area contributed by atoms with Crippen molar-refractivity contribution in [1.29, 1.82) is 0 Å². The number of halogens is 2. The first-order valence-electron chi connectivity index (χ1n) is 6.51. The van der Waals surface area contributed by atoms with E-state index in [0.717, 1.165) is 15.7 Å². The van der Waals surface area contributed by atoms with E-state index in [0.29, 0.717) is 16.3 Å². The van der Waals surface area contributed by atoms with Crippen LogP contribution < -0.4 is 5.32 Å². The van der Waals surface area contributed by atoms with Gasteiger partial charge in [0, 0.05) is 9.50 Å². The molecule has 0 radical (unpaired) electrons. The van der Waals surface area contributed by atoms with Crippen molar-refractivity contribution in [3.63, 3.8) is 0 Å². The molecule has 2 aromatic carbocycles. The summed E-state index contributed by atoms with van der Waals surface area (Å²) in [5, 5.41) is 4.02. The number of hydrogen-bond acceptors (Lipinski definition) is 3. The van der Waals surface area contributed by atoms with Crippen molar-refractivity contribution < 1.29 is 8.42 Å². The lowest BCUT2D eigenvalue weighted by Crippen LogP contribution is -2.24. The van der Waals surface area contributed by atoms with Crippen LogP contribution in [0.4, 0.5) is 5.69 Å². The number of anilines is 1. The predicted molar refractivity (Wildman–Crippen MR) is 88.6 cm³/mol. The van der Waals surface area contributed by atoms with E-state index in [-0.39, 0.29) is 11.8 Å². The molecule has 1 aliphatic heterocycles. The Labute approximate surface area is 137 Å². The Bertz CT molecular complexity index is 792. The first kappa shape index (κ1) is 14.9. The molecule has 1 heterocycles. The molecule has 1 aliphatic rings. The summed E-state index contributed by atoms with van der Waals surface area (Å²) in [5.74, 6) is 0.153. The topological polar surface area (TPSA) is 46.2 Å². The minimum atomic E-state index is -3.16. The molecule has 0 fully saturated rings. The van der Waals surface area contributed by atoms with Crippen molar-refractivity contribution in [2.24, 2.45) is 0 Å². The molecule has 1 unspecified atom stereocenters. The van der Waals surface area contributed by atoms with E-state index in [1.807, 2.05) is 24.3 Å². The van der Waals surface area contributed by atoms with E-state index in [1.54, 1.807) is 18.2 Å². The molecule has 0 aromatic heterocycles. The summed E-state index contributed by atoms with van der Waals surface area (Å²) in [6.45, 7) is 0. The van der Waals surface area contributed by atoms with Crippen LogP contribution >= 0.6 is 27.5 Å². The highest BCUT2D eigenvalue weighted by Crippen LogP contribution is 2.36. The van der Waals surface area contributed by atoms with Crippen LogP contribution in [0.1, 0.15) is 18.0 Å². The predicted octanol–water partition coefficient (Wildman–Crippen LogP) is 4.43. The van der Waals surface area contributed by atoms with Crippen LogP contribution in [0.15, 0.2) is 51.8 Å². The maximum Gasteiger partial charge on any atom is 0.178 e. The molecule has 0 saturated carbocycles. The van der Waals surface area contributed by atoms with Crippen molar-refractivity contribution in [1.82, 2.24) is 0 Å². The minimum Gasteiger partial charge on any atom is -0.377 e. The zero-order valence-electron chi connectivity index (χ0n) is 11.0. The van der Waals surface area contributed by atoms with Crippen LogP contribution in [0.3, 0.4) is 0 Å². The maximum absolute atomic E-state index is 12.1. The van der Waals surface area contributed by atoms with Gasteiger partial charge in [0.25, 0.3) is 0 Å². The summed E-state index contributed by atoms with van der Waals surface area (Å²) in [7, 11) is -3.16. The summed E-state index contributed by atoms with van der Waals surface area (Å²) in [5.41, 5.74) is 1.68. The third kappa shape index (κ3) is 2.96. The summed E-state index contributed by atoms with van der Waals surface area (Å²) in [6, 6.07) is 12.6. The number of sulfone groups is 1. The van der Waals surface area contributed by atoms with E-state index >= 15 is 0 Å². The molecule has 1 atom stereocenters. The highest BCUT2D eigenvalue weighted by Gasteiger charge is 2.30. The lowest BCUT2D eigenvalue weighted by atomic mass is 10.0. The fourth-order valence-corrected chi connectivity index (χ4v) is 4.69. The largest absolute Gasteiger partial charge is 0.377 e. The number of benzene rings is 2. The zero-order chi connectivity index (χ0) is 15.0. The Morgan fingerprint density at radius 2 is 1.95 bits per heavy atom. The lowest BCUT2D eigenvalue weighted by molar-refractivity contribution is 0.576. The van der Waals surface area contributed by atoms with Crippen LogP contribution in [0.5, 0.6) is 0 Å². The van der Waals surface area contributed by atoms with Gasteiger partial charge in [-0.25, -0.2) is 8.42 Å². The molecule has 3 rings (SSSR count). The molecular formula is C15H13BrClNO2S. The summed E-state index contributed by atoms with van der Waals surface area (Å²) < 4.78 is 25.2. The standard InChI is InChI=1S/C15H13BrClNO2S/c16-12-6-5-10(17)9-14(12)18-13-7-8-21(19,20)15-4-2-1-3-11(13)15/h1-6,9,13,18H,7-8H2. The van der Waals surface area contributed by atoms with Gasteiger partial charge in [-0.05, 0) is 52.2 Å². The van der Waals surface area contributed by atoms with Gasteiger partial charge in [-0.1, -0.05) is 29.8 Å². The van der Waals surface area contributed by atoms with Crippen LogP contribution in [0.2, 0.25) is 5.02 Å². The molecular weight excluding hydrogens is 374 g/mol. The van der Waals surface area contributed by atoms with Gasteiger partial charge in [-0.15, -0.1) is 0 Å². The van der Waals surface area contributed by atoms with Crippen molar-refractivity contribution in [3.05, 3.63) is 57.5 Å². The normalized spacial score (nSPS) is 19.8. The Balaban J connectivity index is 1.99. The van der Waals surface area contributed by atoms with Gasteiger partial charge in [-0.2, -0.15) is 0 Å². The SMILES string of the molecule is O=S1(=O)CCC(Nc2cc(Cl)ccc2Br)c2ccccc21. The van der Waals surface area contributed by atoms with E-state index < -0.39 is 9.84 Å². The van der Waals surface area contributed by atoms with Crippen LogP contribution in [-0.2, 0) is 9.84 Å². The molecule has 21 heavy (non-hydrogen) atoms. The van der Waals surface area contributed by atoms with Gasteiger partial charge < -0.3 is 5.32 Å². The van der Waals surface area contributed by atoms with Gasteiger partial charge in [0.1, 0.15) is 0 Å². The highest BCUT2D eigenvalue weighted by molar-refractivity contribution is 9.10. The van der Waals surface area contributed by atoms with Gasteiger partial charge in [0.15, 0.2) is 9.84 Å².